The van der Waals surface area contributed by atoms with E-state index in [0.29, 0.717) is 5.75 Å². The van der Waals surface area contributed by atoms with Crippen molar-refractivity contribution in [2.24, 2.45) is 0 Å². The number of nitrogen functional groups attached to an aromatic ring is 1. The van der Waals surface area contributed by atoms with Crippen molar-refractivity contribution < 1.29 is 15.0 Å². The van der Waals surface area contributed by atoms with Gasteiger partial charge in [0.2, 0.25) is 0 Å². The maximum absolute atomic E-state index is 10.4. The summed E-state index contributed by atoms with van der Waals surface area (Å²) in [5.41, 5.74) is 7.90. The Morgan fingerprint density at radius 3 is 2.41 bits per heavy atom. The van der Waals surface area contributed by atoms with Crippen molar-refractivity contribution >= 4 is 55.8 Å². The monoisotopic (exact) mass is 404 g/mol. The number of H-pyrrole nitrogens is 1. The van der Waals surface area contributed by atoms with Crippen molar-refractivity contribution in [3.05, 3.63) is 83.4 Å². The number of aromatic hydroxyl groups is 1. The van der Waals surface area contributed by atoms with Gasteiger partial charge in [0, 0.05) is 21.7 Å². The molecule has 6 heteroatoms. The first-order valence-corrected chi connectivity index (χ1v) is 9.23. The molecule has 0 saturated heterocycles. The zero-order valence-electron chi connectivity index (χ0n) is 15.2. The average Bonchev–Trinajstić information content (AvgIpc) is 3.09. The third-order valence-corrected chi connectivity index (χ3v) is 5.16. The number of phenolic OH excluding ortho intramolecular Hbond substituents is 1. The highest BCUT2D eigenvalue weighted by Crippen LogP contribution is 2.32. The molecule has 0 aliphatic carbocycles. The molecule has 0 unspecified atom stereocenters. The lowest BCUT2D eigenvalue weighted by Crippen LogP contribution is -1.99. The number of hydrogen-bond acceptors (Lipinski definition) is 3. The van der Waals surface area contributed by atoms with Gasteiger partial charge in [-0.1, -0.05) is 54.1 Å². The number of rotatable bonds is 1. The summed E-state index contributed by atoms with van der Waals surface area (Å²) < 4.78 is 0. The second-order valence-electron chi connectivity index (χ2n) is 6.58. The van der Waals surface area contributed by atoms with Gasteiger partial charge in [-0.15, -0.1) is 0 Å². The van der Waals surface area contributed by atoms with Crippen LogP contribution < -0.4 is 5.73 Å². The van der Waals surface area contributed by atoms with E-state index in [4.69, 9.17) is 22.4 Å². The number of nitrogens with one attached hydrogen (secondary N) is 1. The smallest absolute Gasteiger partial charge is 0.337 e. The quantitative estimate of drug-likeness (QED) is 0.265. The minimum atomic E-state index is -1.07. The van der Waals surface area contributed by atoms with Crippen LogP contribution in [-0.2, 0) is 0 Å². The van der Waals surface area contributed by atoms with Crippen molar-refractivity contribution in [3.63, 3.8) is 0 Å². The van der Waals surface area contributed by atoms with Crippen molar-refractivity contribution in [2.45, 2.75) is 0 Å². The number of para-hydroxylation sites is 1. The summed E-state index contributed by atoms with van der Waals surface area (Å²) in [6.07, 6.45) is 0. The molecule has 29 heavy (non-hydrogen) atoms. The number of aromatic carboxylic acids is 1. The molecule has 5 aromatic rings. The number of carbonyl (C=O) groups is 1. The molecule has 5 N–H and O–H groups in total. The third-order valence-electron chi connectivity index (χ3n) is 4.74. The third kappa shape index (κ3) is 3.44. The minimum Gasteiger partial charge on any atom is -0.508 e. The average molecular weight is 405 g/mol. The van der Waals surface area contributed by atoms with Crippen LogP contribution in [0.3, 0.4) is 0 Å². The van der Waals surface area contributed by atoms with E-state index in [9.17, 15) is 9.90 Å². The van der Waals surface area contributed by atoms with Gasteiger partial charge in [-0.05, 0) is 35.7 Å². The van der Waals surface area contributed by atoms with Crippen LogP contribution in [-0.4, -0.2) is 21.2 Å². The molecule has 0 saturated carbocycles. The van der Waals surface area contributed by atoms with Crippen molar-refractivity contribution in [3.8, 4) is 5.75 Å². The van der Waals surface area contributed by atoms with Crippen LogP contribution in [0, 0.1) is 0 Å². The van der Waals surface area contributed by atoms with Gasteiger partial charge in [0.25, 0.3) is 0 Å². The molecule has 0 atom stereocenters. The standard InChI is InChI=1S/C16H11NO.C7H6ClNO2/c18-11-7-5-10-6-8-13-12-3-1-2-4-15(12)17-16(13)14(10)9-11;8-6-4(7(10)11)2-1-3-5(6)9/h1-9,17-18H;1-3H,9H2,(H,10,11). The predicted octanol–water partition coefficient (Wildman–Crippen LogP) is 5.80. The lowest BCUT2D eigenvalue weighted by molar-refractivity contribution is 0.0697. The van der Waals surface area contributed by atoms with Gasteiger partial charge < -0.3 is 20.9 Å². The molecule has 0 spiro atoms. The summed E-state index contributed by atoms with van der Waals surface area (Å²) in [4.78, 5) is 13.9. The second kappa shape index (κ2) is 7.37. The number of aromatic amines is 1. The van der Waals surface area contributed by atoms with E-state index >= 15 is 0 Å². The fraction of sp³-hybridized carbons (Fsp3) is 0. The molecule has 5 nitrogen and oxygen atoms in total. The normalized spacial score (nSPS) is 10.8. The van der Waals surface area contributed by atoms with Gasteiger partial charge >= 0.3 is 5.97 Å². The maximum atomic E-state index is 10.4. The Hall–Kier alpha value is -3.70. The lowest BCUT2D eigenvalue weighted by atomic mass is 10.1. The Balaban J connectivity index is 0.000000161. The number of fused-ring (bicyclic) bond motifs is 5. The van der Waals surface area contributed by atoms with E-state index in [1.54, 1.807) is 18.2 Å². The van der Waals surface area contributed by atoms with Gasteiger partial charge in [0.1, 0.15) is 5.75 Å². The predicted molar refractivity (Wildman–Crippen MR) is 118 cm³/mol. The van der Waals surface area contributed by atoms with Crippen LogP contribution in [0.1, 0.15) is 10.4 Å². The number of phenols is 1. The summed E-state index contributed by atoms with van der Waals surface area (Å²) in [7, 11) is 0. The summed E-state index contributed by atoms with van der Waals surface area (Å²) in [5.74, 6) is -0.768. The highest BCUT2D eigenvalue weighted by molar-refractivity contribution is 6.35. The first-order chi connectivity index (χ1) is 14.0. The number of carboxylic acids is 1. The van der Waals surface area contributed by atoms with E-state index in [0.717, 1.165) is 21.8 Å². The summed E-state index contributed by atoms with van der Waals surface area (Å²) in [6, 6.07) is 22.5. The molecule has 1 aromatic heterocycles. The van der Waals surface area contributed by atoms with E-state index < -0.39 is 5.97 Å². The van der Waals surface area contributed by atoms with Crippen LogP contribution in [0.5, 0.6) is 5.75 Å². The number of halogens is 1. The SMILES string of the molecule is Nc1cccc(C(=O)O)c1Cl.Oc1ccc2ccc3c4ccccc4[nH]c3c2c1. The van der Waals surface area contributed by atoms with Gasteiger partial charge in [-0.2, -0.15) is 0 Å². The Labute approximate surface area is 171 Å². The zero-order chi connectivity index (χ0) is 20.5. The van der Waals surface area contributed by atoms with E-state index in [1.165, 1.54) is 16.8 Å². The van der Waals surface area contributed by atoms with Crippen molar-refractivity contribution in [2.75, 3.05) is 5.73 Å². The maximum Gasteiger partial charge on any atom is 0.337 e. The molecule has 0 bridgehead atoms. The number of benzene rings is 4. The second-order valence-corrected chi connectivity index (χ2v) is 6.96. The molecule has 4 aromatic carbocycles. The van der Waals surface area contributed by atoms with E-state index in [1.807, 2.05) is 24.3 Å². The van der Waals surface area contributed by atoms with Gasteiger partial charge in [0.05, 0.1) is 21.8 Å². The highest BCUT2D eigenvalue weighted by Gasteiger charge is 2.09. The molecule has 0 fully saturated rings. The molecule has 0 amide bonds. The molecule has 144 valence electrons. The summed E-state index contributed by atoms with van der Waals surface area (Å²) >= 11 is 5.58. The van der Waals surface area contributed by atoms with Gasteiger partial charge in [-0.25, -0.2) is 4.79 Å². The molecular formula is C23H17ClN2O3. The largest absolute Gasteiger partial charge is 0.508 e. The topological polar surface area (TPSA) is 99.3 Å². The van der Waals surface area contributed by atoms with Crippen molar-refractivity contribution in [1.82, 2.24) is 4.98 Å². The Morgan fingerprint density at radius 2 is 1.66 bits per heavy atom. The fourth-order valence-corrected chi connectivity index (χ4v) is 3.55. The minimum absolute atomic E-state index is 0.0340. The Morgan fingerprint density at radius 1 is 0.897 bits per heavy atom. The number of nitrogens with two attached hydrogens (primary N) is 1. The first-order valence-electron chi connectivity index (χ1n) is 8.85. The highest BCUT2D eigenvalue weighted by atomic mass is 35.5. The molecule has 0 aliphatic heterocycles. The number of hydrogen-bond donors (Lipinski definition) is 4. The number of carboxylic acid groups (broad SMARTS) is 1. The van der Waals surface area contributed by atoms with Crippen LogP contribution in [0.25, 0.3) is 32.6 Å². The van der Waals surface area contributed by atoms with Crippen molar-refractivity contribution in [1.29, 1.82) is 0 Å². The van der Waals surface area contributed by atoms with Crippen LogP contribution >= 0.6 is 11.6 Å². The molecule has 1 heterocycles. The van der Waals surface area contributed by atoms with Gasteiger partial charge in [0.15, 0.2) is 0 Å². The Bertz CT molecular complexity index is 1380. The number of anilines is 1. The fourth-order valence-electron chi connectivity index (χ4n) is 3.34. The van der Waals surface area contributed by atoms with E-state index in [2.05, 4.69) is 29.2 Å². The summed E-state index contributed by atoms with van der Waals surface area (Å²) in [6.45, 7) is 0. The lowest BCUT2D eigenvalue weighted by Gasteiger charge is -2.00. The molecule has 5 rings (SSSR count). The first kappa shape index (κ1) is 18.7. The number of aromatic nitrogens is 1. The van der Waals surface area contributed by atoms with Crippen LogP contribution in [0.2, 0.25) is 5.02 Å². The van der Waals surface area contributed by atoms with Gasteiger partial charge in [-0.3, -0.25) is 0 Å². The van der Waals surface area contributed by atoms with Crippen LogP contribution in [0.4, 0.5) is 5.69 Å². The molecule has 0 radical (unpaired) electrons. The van der Waals surface area contributed by atoms with E-state index in [-0.39, 0.29) is 16.3 Å². The molecule has 0 aliphatic rings. The zero-order valence-corrected chi connectivity index (χ0v) is 15.9. The Kier molecular flexibility index (Phi) is 4.74. The van der Waals surface area contributed by atoms with Crippen LogP contribution in [0.15, 0.2) is 72.8 Å². The summed E-state index contributed by atoms with van der Waals surface area (Å²) in [5, 5.41) is 22.9. The molecular weight excluding hydrogens is 388 g/mol.